The molecule has 0 saturated carbocycles. The Kier molecular flexibility index (Phi) is 4.50. The Morgan fingerprint density at radius 1 is 1.50 bits per heavy atom. The van der Waals surface area contributed by atoms with Crippen LogP contribution in [-0.2, 0) is 17.7 Å². The van der Waals surface area contributed by atoms with E-state index in [0.29, 0.717) is 19.7 Å². The number of carbonyl (C=O) groups is 1. The van der Waals surface area contributed by atoms with Crippen LogP contribution in [-0.4, -0.2) is 85.9 Å². The van der Waals surface area contributed by atoms with Crippen molar-refractivity contribution in [2.24, 2.45) is 0 Å². The predicted octanol–water partition coefficient (Wildman–Crippen LogP) is -2.25. The second-order valence-corrected chi connectivity index (χ2v) is 5.57. The number of ether oxygens (including phenoxy) is 1. The molecule has 10 heteroatoms. The number of aliphatic hydroxyl groups is 2. The number of hydrogen-bond acceptors (Lipinski definition) is 7. The smallest absolute Gasteiger partial charge is 0.317 e. The summed E-state index contributed by atoms with van der Waals surface area (Å²) in [5, 5.41) is 33.0. The van der Waals surface area contributed by atoms with E-state index >= 15 is 0 Å². The van der Waals surface area contributed by atoms with Crippen LogP contribution in [0.4, 0.5) is 4.79 Å². The quantitative estimate of drug-likeness (QED) is 0.575. The van der Waals surface area contributed by atoms with Crippen molar-refractivity contribution in [2.75, 3.05) is 26.3 Å². The van der Waals surface area contributed by atoms with Crippen molar-refractivity contribution in [3.63, 3.8) is 0 Å². The van der Waals surface area contributed by atoms with Crippen LogP contribution in [0.2, 0.25) is 0 Å². The molecule has 3 N–H and O–H groups in total. The summed E-state index contributed by atoms with van der Waals surface area (Å²) in [7, 11) is 0. The monoisotopic (exact) mass is 312 g/mol. The highest BCUT2D eigenvalue weighted by Crippen LogP contribution is 2.13. The number of tetrazole rings is 1. The highest BCUT2D eigenvalue weighted by atomic mass is 16.5. The first-order valence-corrected chi connectivity index (χ1v) is 7.38. The number of carbonyl (C=O) groups excluding carboxylic acids is 1. The van der Waals surface area contributed by atoms with Crippen LogP contribution in [0.3, 0.4) is 0 Å². The van der Waals surface area contributed by atoms with E-state index in [1.54, 1.807) is 9.58 Å². The van der Waals surface area contributed by atoms with Crippen LogP contribution in [0, 0.1) is 0 Å². The molecule has 1 saturated heterocycles. The molecule has 3 heterocycles. The third-order valence-electron chi connectivity index (χ3n) is 4.04. The third kappa shape index (κ3) is 3.18. The maximum absolute atomic E-state index is 12.3. The van der Waals surface area contributed by atoms with Gasteiger partial charge in [0.15, 0.2) is 5.82 Å². The van der Waals surface area contributed by atoms with Crippen molar-refractivity contribution in [3.05, 3.63) is 5.82 Å². The Labute approximate surface area is 127 Å². The van der Waals surface area contributed by atoms with E-state index in [0.717, 1.165) is 18.7 Å². The maximum atomic E-state index is 12.3. The number of hydrogen-bond donors (Lipinski definition) is 3. The Hall–Kier alpha value is -1.78. The summed E-state index contributed by atoms with van der Waals surface area (Å²) >= 11 is 0. The van der Waals surface area contributed by atoms with Crippen molar-refractivity contribution in [1.82, 2.24) is 30.4 Å². The molecule has 10 nitrogen and oxygen atoms in total. The van der Waals surface area contributed by atoms with Crippen molar-refractivity contribution < 1.29 is 19.7 Å². The minimum atomic E-state index is -0.978. The first kappa shape index (κ1) is 15.1. The number of amides is 2. The van der Waals surface area contributed by atoms with Crippen LogP contribution >= 0.6 is 0 Å². The normalized spacial score (nSPS) is 26.4. The Morgan fingerprint density at radius 3 is 3.18 bits per heavy atom. The molecule has 0 aliphatic carbocycles. The molecule has 0 radical (unpaired) electrons. The minimum absolute atomic E-state index is 0.0208. The fourth-order valence-corrected chi connectivity index (χ4v) is 2.74. The fraction of sp³-hybridized carbons (Fsp3) is 0.833. The summed E-state index contributed by atoms with van der Waals surface area (Å²) < 4.78 is 7.08. The highest BCUT2D eigenvalue weighted by Gasteiger charge is 2.30. The molecule has 3 atom stereocenters. The fourth-order valence-electron chi connectivity index (χ4n) is 2.74. The summed E-state index contributed by atoms with van der Waals surface area (Å²) in [6.45, 7) is 1.24. The molecule has 2 amide bonds. The van der Waals surface area contributed by atoms with Gasteiger partial charge in [-0.25, -0.2) is 9.48 Å². The van der Waals surface area contributed by atoms with Gasteiger partial charge in [-0.1, -0.05) is 0 Å². The second-order valence-electron chi connectivity index (χ2n) is 5.57. The van der Waals surface area contributed by atoms with Gasteiger partial charge in [0, 0.05) is 13.0 Å². The number of nitrogens with zero attached hydrogens (tertiary/aromatic N) is 5. The zero-order chi connectivity index (χ0) is 15.5. The van der Waals surface area contributed by atoms with Crippen LogP contribution < -0.4 is 5.32 Å². The number of nitrogens with one attached hydrogen (secondary N) is 1. The lowest BCUT2D eigenvalue weighted by molar-refractivity contribution is -0.0922. The number of urea groups is 1. The van der Waals surface area contributed by atoms with Gasteiger partial charge in [-0.15, -0.1) is 5.10 Å². The first-order chi connectivity index (χ1) is 10.7. The van der Waals surface area contributed by atoms with Crippen molar-refractivity contribution >= 4 is 6.03 Å². The molecular formula is C12H20N6O4. The van der Waals surface area contributed by atoms with Gasteiger partial charge in [0.2, 0.25) is 0 Å². The molecule has 1 fully saturated rings. The standard InChI is InChI=1S/C12H20N6O4/c19-7-9(20)10-6-17(3-4-22-10)12(21)13-8-1-2-11-14-15-16-18(11)5-8/h8-10,19-20H,1-7H2,(H,13,21)/t8?,9-,10-/m0/s1. The van der Waals surface area contributed by atoms with Crippen LogP contribution in [0.15, 0.2) is 0 Å². The van der Waals surface area contributed by atoms with Gasteiger partial charge in [0.05, 0.1) is 32.3 Å². The van der Waals surface area contributed by atoms with Crippen LogP contribution in [0.25, 0.3) is 0 Å². The first-order valence-electron chi connectivity index (χ1n) is 7.38. The zero-order valence-corrected chi connectivity index (χ0v) is 12.1. The maximum Gasteiger partial charge on any atom is 0.317 e. The van der Waals surface area contributed by atoms with Gasteiger partial charge in [-0.2, -0.15) is 0 Å². The summed E-state index contributed by atoms with van der Waals surface area (Å²) in [6, 6.07) is -0.215. The van der Waals surface area contributed by atoms with Crippen LogP contribution in [0.5, 0.6) is 0 Å². The lowest BCUT2D eigenvalue weighted by atomic mass is 10.1. The van der Waals surface area contributed by atoms with Gasteiger partial charge < -0.3 is 25.2 Å². The lowest BCUT2D eigenvalue weighted by Crippen LogP contribution is -2.55. The summed E-state index contributed by atoms with van der Waals surface area (Å²) in [4.78, 5) is 13.9. The van der Waals surface area contributed by atoms with Crippen molar-refractivity contribution in [1.29, 1.82) is 0 Å². The summed E-state index contributed by atoms with van der Waals surface area (Å²) in [5.41, 5.74) is 0. The lowest BCUT2D eigenvalue weighted by Gasteiger charge is -2.35. The van der Waals surface area contributed by atoms with E-state index in [1.807, 2.05) is 0 Å². The Bertz CT molecular complexity index is 523. The van der Waals surface area contributed by atoms with Crippen molar-refractivity contribution in [2.45, 2.75) is 37.6 Å². The number of morpholine rings is 1. The summed E-state index contributed by atoms with van der Waals surface area (Å²) in [5.74, 6) is 0.836. The molecule has 0 aromatic carbocycles. The number of fused-ring (bicyclic) bond motifs is 1. The second kappa shape index (κ2) is 6.55. The van der Waals surface area contributed by atoms with Gasteiger partial charge in [-0.3, -0.25) is 0 Å². The zero-order valence-electron chi connectivity index (χ0n) is 12.1. The van der Waals surface area contributed by atoms with E-state index in [2.05, 4.69) is 20.8 Å². The van der Waals surface area contributed by atoms with E-state index in [1.165, 1.54) is 0 Å². The van der Waals surface area contributed by atoms with E-state index in [4.69, 9.17) is 9.84 Å². The van der Waals surface area contributed by atoms with E-state index < -0.39 is 12.2 Å². The molecule has 0 spiro atoms. The number of aromatic nitrogens is 4. The number of rotatable bonds is 3. The van der Waals surface area contributed by atoms with E-state index in [-0.39, 0.29) is 25.2 Å². The van der Waals surface area contributed by atoms with Gasteiger partial charge >= 0.3 is 6.03 Å². The van der Waals surface area contributed by atoms with Gasteiger partial charge in [-0.05, 0) is 16.8 Å². The molecule has 1 unspecified atom stereocenters. The highest BCUT2D eigenvalue weighted by molar-refractivity contribution is 5.74. The molecule has 1 aromatic heterocycles. The predicted molar refractivity (Wildman–Crippen MR) is 72.9 cm³/mol. The summed E-state index contributed by atoms with van der Waals surface area (Å²) in [6.07, 6.45) is -0.0116. The molecule has 0 bridgehead atoms. The number of aryl methyl sites for hydroxylation is 1. The van der Waals surface area contributed by atoms with E-state index in [9.17, 15) is 9.90 Å². The van der Waals surface area contributed by atoms with Gasteiger partial charge in [0.1, 0.15) is 12.2 Å². The largest absolute Gasteiger partial charge is 0.394 e. The molecule has 3 rings (SSSR count). The molecular weight excluding hydrogens is 292 g/mol. The molecule has 2 aliphatic heterocycles. The SMILES string of the molecule is O=C(NC1CCc2nnnn2C1)N1CCO[C@H]([C@@H](O)CO)C1. The molecule has 22 heavy (non-hydrogen) atoms. The molecule has 122 valence electrons. The Balaban J connectivity index is 1.54. The molecule has 2 aliphatic rings. The van der Waals surface area contributed by atoms with Crippen molar-refractivity contribution in [3.8, 4) is 0 Å². The van der Waals surface area contributed by atoms with Crippen LogP contribution in [0.1, 0.15) is 12.2 Å². The minimum Gasteiger partial charge on any atom is -0.394 e. The molecule has 1 aromatic rings. The van der Waals surface area contributed by atoms with Gasteiger partial charge in [0.25, 0.3) is 0 Å². The number of aliphatic hydroxyl groups excluding tert-OH is 2. The average Bonchev–Trinajstić information content (AvgIpc) is 3.02. The third-order valence-corrected chi connectivity index (χ3v) is 4.04. The average molecular weight is 312 g/mol. The topological polar surface area (TPSA) is 126 Å². The Morgan fingerprint density at radius 2 is 2.36 bits per heavy atom.